The predicted octanol–water partition coefficient (Wildman–Crippen LogP) is 2.05. The second kappa shape index (κ2) is 6.82. The zero-order valence-electron chi connectivity index (χ0n) is 10.9. The van der Waals surface area contributed by atoms with Crippen LogP contribution in [0.4, 0.5) is 0 Å². The van der Waals surface area contributed by atoms with Crippen molar-refractivity contribution in [3.63, 3.8) is 0 Å². The summed E-state index contributed by atoms with van der Waals surface area (Å²) in [5, 5.41) is 9.91. The van der Waals surface area contributed by atoms with Crippen LogP contribution in [0.2, 0.25) is 0 Å². The molecule has 0 bridgehead atoms. The van der Waals surface area contributed by atoms with E-state index in [1.54, 1.807) is 0 Å². The van der Waals surface area contributed by atoms with Gasteiger partial charge in [0.2, 0.25) is 0 Å². The first kappa shape index (κ1) is 14.2. The maximum atomic E-state index is 9.91. The van der Waals surface area contributed by atoms with Crippen molar-refractivity contribution >= 4 is 0 Å². The van der Waals surface area contributed by atoms with Gasteiger partial charge in [-0.1, -0.05) is 30.3 Å². The summed E-state index contributed by atoms with van der Waals surface area (Å²) in [7, 11) is 0. The van der Waals surface area contributed by atoms with E-state index in [1.165, 1.54) is 0 Å². The van der Waals surface area contributed by atoms with E-state index in [1.807, 2.05) is 30.3 Å². The molecule has 1 N–H and O–H groups in total. The average molecular weight is 264 g/mol. The largest absolute Gasteiger partial charge is 0.390 e. The molecule has 3 unspecified atom stereocenters. The van der Waals surface area contributed by atoms with Crippen LogP contribution in [0.5, 0.6) is 0 Å². The number of fused-ring (bicyclic) bond motifs is 1. The third kappa shape index (κ3) is 3.22. The van der Waals surface area contributed by atoms with E-state index in [0.717, 1.165) is 5.56 Å². The minimum absolute atomic E-state index is 0.140. The van der Waals surface area contributed by atoms with Crippen LogP contribution in [-0.2, 0) is 14.2 Å². The summed E-state index contributed by atoms with van der Waals surface area (Å²) in [6.45, 7) is 7.05. The molecule has 2 aliphatic rings. The van der Waals surface area contributed by atoms with E-state index in [0.29, 0.717) is 19.6 Å². The molecule has 104 valence electrons. The van der Waals surface area contributed by atoms with Crippen molar-refractivity contribution in [2.75, 3.05) is 13.2 Å². The first-order chi connectivity index (χ1) is 9.34. The van der Waals surface area contributed by atoms with Gasteiger partial charge in [0, 0.05) is 12.2 Å². The highest BCUT2D eigenvalue weighted by Crippen LogP contribution is 2.31. The third-order valence-electron chi connectivity index (χ3n) is 3.26. The van der Waals surface area contributed by atoms with Crippen LogP contribution in [0.15, 0.2) is 43.5 Å². The molecule has 3 rings (SSSR count). The zero-order chi connectivity index (χ0) is 13.7. The highest BCUT2D eigenvalue weighted by Gasteiger charge is 2.40. The van der Waals surface area contributed by atoms with Crippen LogP contribution < -0.4 is 0 Å². The fraction of sp³-hybridized carbons (Fsp3) is 0.467. The minimum Gasteiger partial charge on any atom is -0.390 e. The average Bonchev–Trinajstić information content (AvgIpc) is 2.50. The fourth-order valence-corrected chi connectivity index (χ4v) is 2.32. The van der Waals surface area contributed by atoms with Crippen LogP contribution >= 0.6 is 0 Å². The minimum atomic E-state index is -0.455. The van der Waals surface area contributed by atoms with Gasteiger partial charge in [-0.15, -0.1) is 13.2 Å². The Morgan fingerprint density at radius 3 is 2.58 bits per heavy atom. The lowest BCUT2D eigenvalue weighted by molar-refractivity contribution is -0.298. The number of aliphatic hydroxyl groups excluding tert-OH is 1. The normalized spacial score (nSPS) is 33.7. The smallest absolute Gasteiger partial charge is 0.184 e. The van der Waals surface area contributed by atoms with E-state index in [-0.39, 0.29) is 12.2 Å². The van der Waals surface area contributed by atoms with Gasteiger partial charge in [-0.3, -0.25) is 0 Å². The lowest BCUT2D eigenvalue weighted by atomic mass is 10.0. The number of hydrogen-bond acceptors (Lipinski definition) is 4. The fourth-order valence-electron chi connectivity index (χ4n) is 2.32. The molecule has 19 heavy (non-hydrogen) atoms. The standard InChI is InChI=1S/C13H16O4.C2H4/c14-10-6-7-15-11-8-16-13(17-12(10)11)9-4-2-1-3-5-9;1-2/h1-5,10-14H,6-8H2;1-2H2/t10?,11?,12?,13-;/m1./s1. The lowest BCUT2D eigenvalue weighted by Gasteiger charge is -2.41. The Bertz CT molecular complexity index is 381. The summed E-state index contributed by atoms with van der Waals surface area (Å²) in [5.41, 5.74) is 0.976. The summed E-state index contributed by atoms with van der Waals surface area (Å²) in [5.74, 6) is 0. The molecule has 4 atom stereocenters. The molecule has 0 aromatic heterocycles. The van der Waals surface area contributed by atoms with Gasteiger partial charge < -0.3 is 19.3 Å². The van der Waals surface area contributed by atoms with Crippen LogP contribution in [0.25, 0.3) is 0 Å². The van der Waals surface area contributed by atoms with Gasteiger partial charge in [-0.05, 0) is 6.42 Å². The number of rotatable bonds is 1. The van der Waals surface area contributed by atoms with E-state index >= 15 is 0 Å². The van der Waals surface area contributed by atoms with Gasteiger partial charge in [0.15, 0.2) is 6.29 Å². The summed E-state index contributed by atoms with van der Waals surface area (Å²) in [4.78, 5) is 0. The summed E-state index contributed by atoms with van der Waals surface area (Å²) < 4.78 is 16.9. The van der Waals surface area contributed by atoms with E-state index in [9.17, 15) is 5.11 Å². The number of ether oxygens (including phenoxy) is 3. The Balaban J connectivity index is 0.000000637. The highest BCUT2D eigenvalue weighted by atomic mass is 16.7. The molecule has 0 amide bonds. The number of aliphatic hydroxyl groups is 1. The molecule has 1 aromatic carbocycles. The molecule has 4 nitrogen and oxygen atoms in total. The van der Waals surface area contributed by atoms with Crippen molar-refractivity contribution in [3.8, 4) is 0 Å². The predicted molar refractivity (Wildman–Crippen MR) is 71.6 cm³/mol. The van der Waals surface area contributed by atoms with Gasteiger partial charge in [0.05, 0.1) is 12.7 Å². The van der Waals surface area contributed by atoms with Crippen molar-refractivity contribution in [3.05, 3.63) is 49.1 Å². The Hall–Kier alpha value is -1.20. The van der Waals surface area contributed by atoms with Crippen molar-refractivity contribution in [2.24, 2.45) is 0 Å². The van der Waals surface area contributed by atoms with Gasteiger partial charge in [-0.2, -0.15) is 0 Å². The van der Waals surface area contributed by atoms with Gasteiger partial charge in [0.1, 0.15) is 12.2 Å². The van der Waals surface area contributed by atoms with Crippen molar-refractivity contribution < 1.29 is 19.3 Å². The van der Waals surface area contributed by atoms with Crippen LogP contribution in [-0.4, -0.2) is 36.6 Å². The topological polar surface area (TPSA) is 47.9 Å². The first-order valence-electron chi connectivity index (χ1n) is 6.46. The molecule has 1 aromatic rings. The van der Waals surface area contributed by atoms with Crippen LogP contribution in [0, 0.1) is 0 Å². The van der Waals surface area contributed by atoms with Crippen LogP contribution in [0.3, 0.4) is 0 Å². The van der Waals surface area contributed by atoms with Gasteiger partial charge in [-0.25, -0.2) is 0 Å². The Morgan fingerprint density at radius 1 is 1.11 bits per heavy atom. The van der Waals surface area contributed by atoms with E-state index < -0.39 is 12.4 Å². The Kier molecular flexibility index (Phi) is 5.10. The summed E-state index contributed by atoms with van der Waals surface area (Å²) in [6.07, 6.45) is -0.637. The van der Waals surface area contributed by atoms with Gasteiger partial charge in [0.25, 0.3) is 0 Å². The Morgan fingerprint density at radius 2 is 1.84 bits per heavy atom. The molecule has 2 heterocycles. The molecule has 0 aliphatic carbocycles. The molecule has 4 heteroatoms. The van der Waals surface area contributed by atoms with Crippen molar-refractivity contribution in [1.82, 2.24) is 0 Å². The molecular formula is C15H20O4. The van der Waals surface area contributed by atoms with Crippen molar-refractivity contribution in [1.29, 1.82) is 0 Å². The number of benzene rings is 1. The molecule has 0 spiro atoms. The molecule has 0 saturated carbocycles. The monoisotopic (exact) mass is 264 g/mol. The summed E-state index contributed by atoms with van der Waals surface area (Å²) >= 11 is 0. The first-order valence-corrected chi connectivity index (χ1v) is 6.46. The second-order valence-electron chi connectivity index (χ2n) is 4.44. The van der Waals surface area contributed by atoms with E-state index in [2.05, 4.69) is 13.2 Å². The van der Waals surface area contributed by atoms with Gasteiger partial charge >= 0.3 is 0 Å². The lowest BCUT2D eigenvalue weighted by Crippen LogP contribution is -2.52. The quantitative estimate of drug-likeness (QED) is 0.789. The van der Waals surface area contributed by atoms with Crippen LogP contribution in [0.1, 0.15) is 18.3 Å². The SMILES string of the molecule is C=C.OC1CCOC2CO[C@@H](c3ccccc3)OC12. The van der Waals surface area contributed by atoms with Crippen molar-refractivity contribution in [2.45, 2.75) is 31.0 Å². The molecule has 0 radical (unpaired) electrons. The second-order valence-corrected chi connectivity index (χ2v) is 4.44. The third-order valence-corrected chi connectivity index (χ3v) is 3.26. The Labute approximate surface area is 113 Å². The van der Waals surface area contributed by atoms with E-state index in [4.69, 9.17) is 14.2 Å². The summed E-state index contributed by atoms with van der Waals surface area (Å²) in [6, 6.07) is 9.76. The highest BCUT2D eigenvalue weighted by molar-refractivity contribution is 5.16. The molecule has 2 aliphatic heterocycles. The molecule has 2 fully saturated rings. The molecule has 2 saturated heterocycles. The molecular weight excluding hydrogens is 244 g/mol. The maximum absolute atomic E-state index is 9.91. The zero-order valence-corrected chi connectivity index (χ0v) is 10.9. The maximum Gasteiger partial charge on any atom is 0.184 e. The number of hydrogen-bond donors (Lipinski definition) is 1.